The van der Waals surface area contributed by atoms with E-state index >= 15 is 0 Å². The lowest BCUT2D eigenvalue weighted by Gasteiger charge is -2.25. The number of imidazole rings is 1. The topological polar surface area (TPSA) is 92.6 Å². The molecule has 3 heterocycles. The predicted molar refractivity (Wildman–Crippen MR) is 115 cm³/mol. The van der Waals surface area contributed by atoms with Gasteiger partial charge >= 0.3 is 0 Å². The summed E-state index contributed by atoms with van der Waals surface area (Å²) in [5.74, 6) is 0.328. The number of carbonyl (C=O) groups is 2. The van der Waals surface area contributed by atoms with E-state index in [2.05, 4.69) is 4.98 Å². The minimum Gasteiger partial charge on any atom is -0.319 e. The van der Waals surface area contributed by atoms with E-state index in [4.69, 9.17) is 0 Å². The molecule has 0 N–H and O–H groups in total. The Kier molecular flexibility index (Phi) is 6.17. The van der Waals surface area contributed by atoms with Gasteiger partial charge in [-0.25, -0.2) is 13.4 Å². The summed E-state index contributed by atoms with van der Waals surface area (Å²) >= 11 is 1.48. The van der Waals surface area contributed by atoms with Crippen LogP contribution in [0, 0.1) is 0 Å². The van der Waals surface area contributed by atoms with E-state index in [1.165, 1.54) is 16.7 Å². The van der Waals surface area contributed by atoms with Crippen molar-refractivity contribution in [2.75, 3.05) is 25.4 Å². The molecule has 0 unspecified atom stereocenters. The van der Waals surface area contributed by atoms with E-state index < -0.39 is 10.0 Å². The molecule has 0 atom stereocenters. The van der Waals surface area contributed by atoms with Crippen molar-refractivity contribution in [1.82, 2.24) is 18.8 Å². The second kappa shape index (κ2) is 8.68. The Hall–Kier alpha value is -1.91. The summed E-state index contributed by atoms with van der Waals surface area (Å²) in [7, 11) is -3.51. The Bertz CT molecular complexity index is 1060. The van der Waals surface area contributed by atoms with Crippen molar-refractivity contribution in [3.63, 3.8) is 0 Å². The van der Waals surface area contributed by atoms with E-state index in [1.807, 2.05) is 17.6 Å². The lowest BCUT2D eigenvalue weighted by molar-refractivity contribution is -0.137. The maximum absolute atomic E-state index is 13.0. The van der Waals surface area contributed by atoms with Crippen molar-refractivity contribution < 1.29 is 18.0 Å². The second-order valence-corrected chi connectivity index (χ2v) is 10.5. The van der Waals surface area contributed by atoms with Gasteiger partial charge in [-0.2, -0.15) is 4.31 Å². The lowest BCUT2D eigenvalue weighted by Crippen LogP contribution is -2.35. The van der Waals surface area contributed by atoms with Gasteiger partial charge in [0, 0.05) is 44.8 Å². The number of thioether (sulfide) groups is 1. The number of amides is 2. The molecule has 10 heteroatoms. The van der Waals surface area contributed by atoms with E-state index in [-0.39, 0.29) is 16.7 Å². The van der Waals surface area contributed by atoms with Crippen LogP contribution in [0.25, 0.3) is 11.0 Å². The first kappa shape index (κ1) is 21.3. The van der Waals surface area contributed by atoms with E-state index in [9.17, 15) is 18.0 Å². The molecule has 2 saturated heterocycles. The van der Waals surface area contributed by atoms with Gasteiger partial charge < -0.3 is 4.57 Å². The summed E-state index contributed by atoms with van der Waals surface area (Å²) in [6.45, 7) is 4.21. The zero-order valence-electron chi connectivity index (χ0n) is 17.0. The molecule has 0 bridgehead atoms. The predicted octanol–water partition coefficient (Wildman–Crippen LogP) is 2.47. The largest absolute Gasteiger partial charge is 0.319 e. The van der Waals surface area contributed by atoms with E-state index in [1.54, 1.807) is 16.4 Å². The van der Waals surface area contributed by atoms with Crippen LogP contribution >= 0.6 is 11.8 Å². The van der Waals surface area contributed by atoms with Crippen LogP contribution in [0.3, 0.4) is 0 Å². The minimum atomic E-state index is -3.51. The van der Waals surface area contributed by atoms with Crippen molar-refractivity contribution in [2.24, 2.45) is 0 Å². The average molecular weight is 451 g/mol. The van der Waals surface area contributed by atoms with Gasteiger partial charge in [0.1, 0.15) is 0 Å². The van der Waals surface area contributed by atoms with Crippen molar-refractivity contribution >= 4 is 44.6 Å². The molecule has 1 aromatic carbocycles. The highest BCUT2D eigenvalue weighted by molar-refractivity contribution is 7.99. The standard InChI is InChI=1S/C20H26N4O4S2/c1-2-23-17-7-6-15(30(27,28)22-10-4-3-5-11-22)14-16(17)21-20(23)29-13-12-24-18(25)8-9-19(24)26/h6-7,14H,2-5,8-13H2,1H3. The van der Waals surface area contributed by atoms with Crippen LogP contribution in [0.2, 0.25) is 0 Å². The fourth-order valence-corrected chi connectivity index (χ4v) is 6.56. The molecule has 8 nitrogen and oxygen atoms in total. The number of aromatic nitrogens is 2. The number of rotatable bonds is 7. The summed E-state index contributed by atoms with van der Waals surface area (Å²) < 4.78 is 29.6. The first-order valence-electron chi connectivity index (χ1n) is 10.4. The molecule has 2 amide bonds. The van der Waals surface area contributed by atoms with Gasteiger partial charge in [0.25, 0.3) is 0 Å². The molecule has 162 valence electrons. The molecule has 1 aromatic heterocycles. The molecule has 2 aromatic rings. The first-order valence-corrected chi connectivity index (χ1v) is 12.8. The first-order chi connectivity index (χ1) is 14.4. The molecule has 2 aliphatic rings. The SMILES string of the molecule is CCn1c(SCCN2C(=O)CCC2=O)nc2cc(S(=O)(=O)N3CCCCC3)ccc21. The number of benzene rings is 1. The van der Waals surface area contributed by atoms with E-state index in [0.29, 0.717) is 50.3 Å². The molecule has 0 saturated carbocycles. The number of fused-ring (bicyclic) bond motifs is 1. The normalized spacial score (nSPS) is 18.6. The fourth-order valence-electron chi connectivity index (χ4n) is 4.02. The minimum absolute atomic E-state index is 0.114. The average Bonchev–Trinajstić information content (AvgIpc) is 3.27. The molecule has 4 rings (SSSR count). The van der Waals surface area contributed by atoms with Gasteiger partial charge in [0.2, 0.25) is 21.8 Å². The summed E-state index contributed by atoms with van der Waals surface area (Å²) in [6, 6.07) is 5.14. The van der Waals surface area contributed by atoms with Crippen LogP contribution in [0.5, 0.6) is 0 Å². The molecule has 0 aliphatic carbocycles. The fraction of sp³-hybridized carbons (Fsp3) is 0.550. The Morgan fingerprint density at radius 1 is 1.07 bits per heavy atom. The number of carbonyl (C=O) groups excluding carboxylic acids is 2. The third-order valence-corrected chi connectivity index (χ3v) is 8.51. The summed E-state index contributed by atoms with van der Waals surface area (Å²) in [5.41, 5.74) is 1.52. The maximum Gasteiger partial charge on any atom is 0.243 e. The smallest absolute Gasteiger partial charge is 0.243 e. The molecule has 2 fully saturated rings. The van der Waals surface area contributed by atoms with Gasteiger partial charge in [-0.1, -0.05) is 18.2 Å². The molecule has 2 aliphatic heterocycles. The number of sulfonamides is 1. The van der Waals surface area contributed by atoms with Crippen molar-refractivity contribution in [2.45, 2.75) is 55.6 Å². The number of aryl methyl sites for hydroxylation is 1. The zero-order chi connectivity index (χ0) is 21.3. The summed E-state index contributed by atoms with van der Waals surface area (Å²) in [4.78, 5) is 29.8. The number of nitrogens with zero attached hydrogens (tertiary/aromatic N) is 4. The quantitative estimate of drug-likeness (QED) is 0.475. The number of piperidine rings is 1. The molecule has 0 spiro atoms. The Labute approximate surface area is 180 Å². The van der Waals surface area contributed by atoms with Crippen LogP contribution in [-0.4, -0.2) is 64.4 Å². The summed E-state index contributed by atoms with van der Waals surface area (Å²) in [6.07, 6.45) is 3.46. The molecule has 30 heavy (non-hydrogen) atoms. The van der Waals surface area contributed by atoms with Gasteiger partial charge in [-0.15, -0.1) is 0 Å². The van der Waals surface area contributed by atoms with Gasteiger partial charge in [0.15, 0.2) is 5.16 Å². The van der Waals surface area contributed by atoms with Crippen LogP contribution in [-0.2, 0) is 26.2 Å². The van der Waals surface area contributed by atoms with E-state index in [0.717, 1.165) is 29.9 Å². The summed E-state index contributed by atoms with van der Waals surface area (Å²) in [5, 5.41) is 0.763. The number of imide groups is 1. The van der Waals surface area contributed by atoms with Gasteiger partial charge in [0.05, 0.1) is 15.9 Å². The van der Waals surface area contributed by atoms with Crippen LogP contribution in [0.15, 0.2) is 28.3 Å². The third kappa shape index (κ3) is 4.00. The van der Waals surface area contributed by atoms with Crippen molar-refractivity contribution in [3.05, 3.63) is 18.2 Å². The number of hydrogen-bond acceptors (Lipinski definition) is 6. The van der Waals surface area contributed by atoms with Crippen molar-refractivity contribution in [1.29, 1.82) is 0 Å². The van der Waals surface area contributed by atoms with Gasteiger partial charge in [-0.05, 0) is 38.0 Å². The van der Waals surface area contributed by atoms with Gasteiger partial charge in [-0.3, -0.25) is 14.5 Å². The number of hydrogen-bond donors (Lipinski definition) is 0. The van der Waals surface area contributed by atoms with Crippen LogP contribution < -0.4 is 0 Å². The Morgan fingerprint density at radius 3 is 2.43 bits per heavy atom. The van der Waals surface area contributed by atoms with Crippen molar-refractivity contribution in [3.8, 4) is 0 Å². The van der Waals surface area contributed by atoms with Crippen LogP contribution in [0.1, 0.15) is 39.0 Å². The molecular weight excluding hydrogens is 424 g/mol. The monoisotopic (exact) mass is 450 g/mol. The lowest BCUT2D eigenvalue weighted by atomic mass is 10.2. The highest BCUT2D eigenvalue weighted by Crippen LogP contribution is 2.28. The number of likely N-dealkylation sites (tertiary alicyclic amines) is 1. The highest BCUT2D eigenvalue weighted by atomic mass is 32.2. The Morgan fingerprint density at radius 2 is 1.77 bits per heavy atom. The van der Waals surface area contributed by atoms with Crippen LogP contribution in [0.4, 0.5) is 0 Å². The highest BCUT2D eigenvalue weighted by Gasteiger charge is 2.29. The third-order valence-electron chi connectivity index (χ3n) is 5.65. The Balaban J connectivity index is 1.54. The second-order valence-electron chi connectivity index (χ2n) is 7.54. The zero-order valence-corrected chi connectivity index (χ0v) is 18.7. The maximum atomic E-state index is 13.0. The molecular formula is C20H26N4O4S2. The molecule has 0 radical (unpaired) electrons.